The number of rotatable bonds is 3. The zero-order valence-electron chi connectivity index (χ0n) is 18.4. The van der Waals surface area contributed by atoms with Gasteiger partial charge in [-0.25, -0.2) is 0 Å². The number of nitrogens with zero attached hydrogens (tertiary/aromatic N) is 3. The molecule has 5 heteroatoms. The lowest BCUT2D eigenvalue weighted by Gasteiger charge is -2.25. The van der Waals surface area contributed by atoms with Crippen molar-refractivity contribution in [1.29, 1.82) is 0 Å². The number of hydrogen-bond acceptors (Lipinski definition) is 4. The fourth-order valence-electron chi connectivity index (χ4n) is 3.58. The van der Waals surface area contributed by atoms with Gasteiger partial charge in [0.25, 0.3) is 0 Å². The van der Waals surface area contributed by atoms with E-state index in [9.17, 15) is 0 Å². The summed E-state index contributed by atoms with van der Waals surface area (Å²) in [5, 5.41) is 13.0. The second kappa shape index (κ2) is 11.0. The van der Waals surface area contributed by atoms with Gasteiger partial charge in [-0.15, -0.1) is 0 Å². The van der Waals surface area contributed by atoms with Crippen LogP contribution >= 0.6 is 0 Å². The number of hydrogen-bond donors (Lipinski definition) is 1. The number of likely N-dealkylation sites (tertiary alicyclic amines) is 1. The number of aryl methyl sites for hydroxylation is 2. The maximum Gasteiger partial charge on any atom is 0.141 e. The summed E-state index contributed by atoms with van der Waals surface area (Å²) in [6, 6.07) is 6.39. The Morgan fingerprint density at radius 3 is 2.39 bits per heavy atom. The summed E-state index contributed by atoms with van der Waals surface area (Å²) in [6.45, 7) is 15.5. The molecule has 1 N–H and O–H groups in total. The average Bonchev–Trinajstić information content (AvgIpc) is 3.27. The van der Waals surface area contributed by atoms with Crippen molar-refractivity contribution < 1.29 is 5.95 Å². The van der Waals surface area contributed by atoms with Crippen LogP contribution in [0.5, 0.6) is 0 Å². The van der Waals surface area contributed by atoms with Gasteiger partial charge in [0.05, 0.1) is 16.9 Å². The minimum atomic E-state index is 0. The van der Waals surface area contributed by atoms with E-state index in [-0.39, 0.29) is 1.43 Å². The van der Waals surface area contributed by atoms with Crippen molar-refractivity contribution in [3.05, 3.63) is 35.3 Å². The van der Waals surface area contributed by atoms with Gasteiger partial charge in [-0.1, -0.05) is 51.8 Å². The fourth-order valence-corrected chi connectivity index (χ4v) is 3.58. The second-order valence-electron chi connectivity index (χ2n) is 7.18. The molecule has 0 radical (unpaired) electrons. The third-order valence-electron chi connectivity index (χ3n) is 4.79. The van der Waals surface area contributed by atoms with Crippen molar-refractivity contribution in [1.82, 2.24) is 20.3 Å². The number of fused-ring (bicyclic) bond motifs is 1. The second-order valence-corrected chi connectivity index (χ2v) is 7.18. The number of H-pyrrole nitrogens is 1. The molecule has 156 valence electrons. The summed E-state index contributed by atoms with van der Waals surface area (Å²) < 4.78 is 5.31. The predicted octanol–water partition coefficient (Wildman–Crippen LogP) is 6.51. The standard InChI is InChI=1S/C18H22N4O.C3H8.C2H6.H2/c1-12-18(13(2)23-21-12)14-6-7-16-15(10-14)17(20-19-16)11-22-8-4-3-5-9-22;1-3-2;1-2;/h6-7,10H,3-5,8-9,11H2,1-2H3,(H,19,20);3H2,1-2H3;1-2H3;1H. The molecule has 0 aliphatic carbocycles. The first-order chi connectivity index (χ1) is 13.6. The predicted molar refractivity (Wildman–Crippen MR) is 120 cm³/mol. The molecule has 0 bridgehead atoms. The van der Waals surface area contributed by atoms with Crippen LogP contribution in [0.1, 0.15) is 72.0 Å². The van der Waals surface area contributed by atoms with Gasteiger partial charge in [0, 0.05) is 18.9 Å². The van der Waals surface area contributed by atoms with E-state index >= 15 is 0 Å². The van der Waals surface area contributed by atoms with Crippen LogP contribution in [0.4, 0.5) is 0 Å². The Balaban J connectivity index is 0.000000645. The lowest BCUT2D eigenvalue weighted by atomic mass is 10.0. The molecule has 1 aliphatic heterocycles. The van der Waals surface area contributed by atoms with Crippen LogP contribution in [-0.4, -0.2) is 33.3 Å². The van der Waals surface area contributed by atoms with Crippen LogP contribution in [-0.2, 0) is 6.54 Å². The molecule has 1 fully saturated rings. The van der Waals surface area contributed by atoms with E-state index in [0.29, 0.717) is 0 Å². The number of benzene rings is 1. The monoisotopic (exact) mass is 386 g/mol. The van der Waals surface area contributed by atoms with Gasteiger partial charge >= 0.3 is 0 Å². The van der Waals surface area contributed by atoms with E-state index in [1.165, 1.54) is 49.9 Å². The van der Waals surface area contributed by atoms with Crippen LogP contribution in [0.2, 0.25) is 0 Å². The van der Waals surface area contributed by atoms with Crippen LogP contribution in [0.3, 0.4) is 0 Å². The molecule has 0 atom stereocenters. The van der Waals surface area contributed by atoms with E-state index in [1.54, 1.807) is 0 Å². The number of aromatic nitrogens is 3. The average molecular weight is 387 g/mol. The molecule has 1 aromatic carbocycles. The molecule has 0 unspecified atom stereocenters. The molecule has 28 heavy (non-hydrogen) atoms. The largest absolute Gasteiger partial charge is 0.361 e. The first kappa shape index (κ1) is 22.2. The molecule has 0 saturated carbocycles. The van der Waals surface area contributed by atoms with Crippen LogP contribution < -0.4 is 0 Å². The van der Waals surface area contributed by atoms with Crippen LogP contribution in [0.15, 0.2) is 22.7 Å². The van der Waals surface area contributed by atoms with E-state index < -0.39 is 0 Å². The van der Waals surface area contributed by atoms with Crippen molar-refractivity contribution >= 4 is 10.9 Å². The zero-order valence-corrected chi connectivity index (χ0v) is 18.4. The highest BCUT2D eigenvalue weighted by Gasteiger charge is 2.16. The molecule has 1 aliphatic rings. The van der Waals surface area contributed by atoms with Gasteiger partial charge in [0.1, 0.15) is 5.76 Å². The maximum atomic E-state index is 5.31. The Hall–Kier alpha value is -2.14. The molecule has 0 amide bonds. The third kappa shape index (κ3) is 5.22. The Morgan fingerprint density at radius 2 is 1.79 bits per heavy atom. The third-order valence-corrected chi connectivity index (χ3v) is 4.79. The van der Waals surface area contributed by atoms with E-state index in [2.05, 4.69) is 52.3 Å². The van der Waals surface area contributed by atoms with Crippen molar-refractivity contribution in [2.45, 2.75) is 73.8 Å². The first-order valence-electron chi connectivity index (χ1n) is 10.8. The van der Waals surface area contributed by atoms with Crippen molar-refractivity contribution in [3.63, 3.8) is 0 Å². The summed E-state index contributed by atoms with van der Waals surface area (Å²) in [5.41, 5.74) is 5.40. The zero-order chi connectivity index (χ0) is 20.5. The van der Waals surface area contributed by atoms with Crippen molar-refractivity contribution in [2.75, 3.05) is 13.1 Å². The first-order valence-corrected chi connectivity index (χ1v) is 10.8. The smallest absolute Gasteiger partial charge is 0.141 e. The van der Waals surface area contributed by atoms with Gasteiger partial charge in [-0.3, -0.25) is 10.00 Å². The molecule has 1 saturated heterocycles. The number of piperidine rings is 1. The maximum absolute atomic E-state index is 5.31. The number of nitrogens with one attached hydrogen (secondary N) is 1. The van der Waals surface area contributed by atoms with Gasteiger partial charge < -0.3 is 4.52 Å². The molecular weight excluding hydrogens is 348 g/mol. The van der Waals surface area contributed by atoms with E-state index in [1.807, 2.05) is 27.7 Å². The Labute approximate surface area is 171 Å². The summed E-state index contributed by atoms with van der Waals surface area (Å²) in [6.07, 6.45) is 5.21. The van der Waals surface area contributed by atoms with Crippen molar-refractivity contribution in [3.8, 4) is 11.1 Å². The molecule has 3 aromatic rings. The quantitative estimate of drug-likeness (QED) is 0.557. The van der Waals surface area contributed by atoms with E-state index in [4.69, 9.17) is 4.52 Å². The lowest BCUT2D eigenvalue weighted by molar-refractivity contribution is 0.219. The Morgan fingerprint density at radius 1 is 1.11 bits per heavy atom. The van der Waals surface area contributed by atoms with Crippen LogP contribution in [0.25, 0.3) is 22.0 Å². The summed E-state index contributed by atoms with van der Waals surface area (Å²) in [4.78, 5) is 2.51. The Kier molecular flexibility index (Phi) is 8.71. The highest BCUT2D eigenvalue weighted by Crippen LogP contribution is 2.30. The summed E-state index contributed by atoms with van der Waals surface area (Å²) in [7, 11) is 0. The topological polar surface area (TPSA) is 58.0 Å². The SMILES string of the molecule is CC.CCC.Cc1noc(C)c1-c1ccc2n[nH]c(CN3CCCCC3)c2c1.[HH]. The Bertz CT molecular complexity index is 830. The molecular formula is C23H38N4O. The molecule has 3 heterocycles. The van der Waals surface area contributed by atoms with Crippen molar-refractivity contribution in [2.24, 2.45) is 0 Å². The summed E-state index contributed by atoms with van der Waals surface area (Å²) in [5.74, 6) is 0.864. The molecule has 2 aromatic heterocycles. The summed E-state index contributed by atoms with van der Waals surface area (Å²) >= 11 is 0. The van der Waals surface area contributed by atoms with Gasteiger partial charge in [-0.2, -0.15) is 5.10 Å². The molecule has 0 spiro atoms. The van der Waals surface area contributed by atoms with Gasteiger partial charge in [-0.05, 0) is 57.5 Å². The lowest BCUT2D eigenvalue weighted by Crippen LogP contribution is -2.29. The highest BCUT2D eigenvalue weighted by molar-refractivity contribution is 5.87. The number of aromatic amines is 1. The van der Waals surface area contributed by atoms with E-state index in [0.717, 1.165) is 34.6 Å². The normalized spacial score (nSPS) is 14.2. The molecule has 5 nitrogen and oxygen atoms in total. The van der Waals surface area contributed by atoms with Gasteiger partial charge in [0.2, 0.25) is 0 Å². The highest BCUT2D eigenvalue weighted by atomic mass is 16.5. The minimum Gasteiger partial charge on any atom is -0.361 e. The van der Waals surface area contributed by atoms with Gasteiger partial charge in [0.15, 0.2) is 0 Å². The van der Waals surface area contributed by atoms with Crippen LogP contribution in [0, 0.1) is 13.8 Å². The minimum absolute atomic E-state index is 0. The molecule has 4 rings (SSSR count). The fraction of sp³-hybridized carbons (Fsp3) is 0.565.